The summed E-state index contributed by atoms with van der Waals surface area (Å²) < 4.78 is 0.358. The first-order valence-corrected chi connectivity index (χ1v) is 6.51. The smallest absolute Gasteiger partial charge is 0.262 e. The average molecular weight is 312 g/mol. The first-order valence-electron chi connectivity index (χ1n) is 5.72. The van der Waals surface area contributed by atoms with Crippen LogP contribution in [0.4, 0.5) is 0 Å². The number of hydrogen-bond donors (Lipinski definition) is 3. The van der Waals surface area contributed by atoms with Crippen LogP contribution >= 0.6 is 15.9 Å². The summed E-state index contributed by atoms with van der Waals surface area (Å²) in [5.74, 6) is -0.189. The lowest BCUT2D eigenvalue weighted by molar-refractivity contribution is 0.0956. The maximum absolute atomic E-state index is 11.9. The molecule has 3 N–H and O–H groups in total. The van der Waals surface area contributed by atoms with Crippen LogP contribution in [0.1, 0.15) is 16.8 Å². The van der Waals surface area contributed by atoms with Crippen LogP contribution in [0.2, 0.25) is 0 Å². The second kappa shape index (κ2) is 5.97. The van der Waals surface area contributed by atoms with Crippen LogP contribution in [-0.4, -0.2) is 30.5 Å². The summed E-state index contributed by atoms with van der Waals surface area (Å²) in [5, 5.41) is 6.05. The highest BCUT2D eigenvalue weighted by Gasteiger charge is 2.09. The van der Waals surface area contributed by atoms with Crippen molar-refractivity contribution in [1.29, 1.82) is 0 Å². The SMILES string of the molecule is O=C(NCC1=CCNCC1)c1c[nH]c(=O)c(Br)c1. The molecule has 6 heteroatoms. The zero-order chi connectivity index (χ0) is 13.0. The van der Waals surface area contributed by atoms with E-state index in [1.54, 1.807) is 0 Å². The Hall–Kier alpha value is -1.40. The van der Waals surface area contributed by atoms with Crippen molar-refractivity contribution in [2.75, 3.05) is 19.6 Å². The number of aromatic nitrogens is 1. The highest BCUT2D eigenvalue weighted by Crippen LogP contribution is 2.06. The molecule has 0 saturated heterocycles. The van der Waals surface area contributed by atoms with E-state index in [1.165, 1.54) is 17.8 Å². The molecule has 0 aliphatic carbocycles. The minimum absolute atomic E-state index is 0.189. The predicted molar refractivity (Wildman–Crippen MR) is 72.7 cm³/mol. The van der Waals surface area contributed by atoms with Gasteiger partial charge in [0, 0.05) is 19.3 Å². The van der Waals surface area contributed by atoms with E-state index in [9.17, 15) is 9.59 Å². The summed E-state index contributed by atoms with van der Waals surface area (Å²) in [4.78, 5) is 25.5. The Bertz CT molecular complexity index is 536. The number of hydrogen-bond acceptors (Lipinski definition) is 3. The lowest BCUT2D eigenvalue weighted by Crippen LogP contribution is -2.30. The maximum atomic E-state index is 11.9. The molecule has 0 fully saturated rings. The highest BCUT2D eigenvalue weighted by molar-refractivity contribution is 9.10. The second-order valence-electron chi connectivity index (χ2n) is 4.06. The molecule has 0 spiro atoms. The number of amides is 1. The summed E-state index contributed by atoms with van der Waals surface area (Å²) in [5.41, 5.74) is 1.43. The van der Waals surface area contributed by atoms with Crippen LogP contribution in [0, 0.1) is 0 Å². The molecular weight excluding hydrogens is 298 g/mol. The molecule has 1 aliphatic rings. The third-order valence-electron chi connectivity index (χ3n) is 2.75. The van der Waals surface area contributed by atoms with Gasteiger partial charge in [0.15, 0.2) is 0 Å². The van der Waals surface area contributed by atoms with E-state index in [0.717, 1.165) is 19.5 Å². The standard InChI is InChI=1S/C12H14BrN3O2/c13-10-5-9(7-16-12(10)18)11(17)15-6-8-1-3-14-4-2-8/h1,5,7,14H,2-4,6H2,(H,15,17)(H,16,18). The average Bonchev–Trinajstić information content (AvgIpc) is 2.40. The third-order valence-corrected chi connectivity index (χ3v) is 3.34. The fourth-order valence-electron chi connectivity index (χ4n) is 1.71. The summed E-state index contributed by atoms with van der Waals surface area (Å²) in [6.45, 7) is 2.36. The van der Waals surface area contributed by atoms with E-state index in [2.05, 4.69) is 37.6 Å². The van der Waals surface area contributed by atoms with Crippen molar-refractivity contribution in [3.05, 3.63) is 44.3 Å². The second-order valence-corrected chi connectivity index (χ2v) is 4.92. The van der Waals surface area contributed by atoms with Crippen LogP contribution in [0.3, 0.4) is 0 Å². The monoisotopic (exact) mass is 311 g/mol. The van der Waals surface area contributed by atoms with Crippen molar-refractivity contribution in [3.8, 4) is 0 Å². The van der Waals surface area contributed by atoms with Crippen molar-refractivity contribution >= 4 is 21.8 Å². The molecule has 0 bridgehead atoms. The number of halogens is 1. The van der Waals surface area contributed by atoms with Gasteiger partial charge in [-0.05, 0) is 35.0 Å². The molecule has 2 heterocycles. The minimum Gasteiger partial charge on any atom is -0.348 e. The van der Waals surface area contributed by atoms with Crippen LogP contribution in [0.25, 0.3) is 0 Å². The van der Waals surface area contributed by atoms with E-state index in [4.69, 9.17) is 0 Å². The van der Waals surface area contributed by atoms with Gasteiger partial charge in [-0.1, -0.05) is 11.6 Å². The van der Waals surface area contributed by atoms with Crippen molar-refractivity contribution in [2.24, 2.45) is 0 Å². The normalized spacial score (nSPS) is 15.1. The Kier molecular flexibility index (Phi) is 4.33. The Labute approximate surface area is 113 Å². The first kappa shape index (κ1) is 13.0. The van der Waals surface area contributed by atoms with Gasteiger partial charge in [0.2, 0.25) is 0 Å². The van der Waals surface area contributed by atoms with E-state index in [-0.39, 0.29) is 11.5 Å². The number of H-pyrrole nitrogens is 1. The van der Waals surface area contributed by atoms with Crippen LogP contribution in [-0.2, 0) is 0 Å². The molecule has 0 unspecified atom stereocenters. The zero-order valence-electron chi connectivity index (χ0n) is 9.75. The summed E-state index contributed by atoms with van der Waals surface area (Å²) in [6.07, 6.45) is 4.46. The molecule has 18 heavy (non-hydrogen) atoms. The topological polar surface area (TPSA) is 74.0 Å². The van der Waals surface area contributed by atoms with E-state index < -0.39 is 0 Å². The van der Waals surface area contributed by atoms with Crippen molar-refractivity contribution in [1.82, 2.24) is 15.6 Å². The third kappa shape index (κ3) is 3.30. The zero-order valence-corrected chi connectivity index (χ0v) is 11.3. The predicted octanol–water partition coefficient (Wildman–Crippen LogP) is 0.787. The number of rotatable bonds is 3. The lowest BCUT2D eigenvalue weighted by Gasteiger charge is -2.14. The fourth-order valence-corrected chi connectivity index (χ4v) is 2.07. The lowest BCUT2D eigenvalue weighted by atomic mass is 10.1. The van der Waals surface area contributed by atoms with Gasteiger partial charge in [0.1, 0.15) is 0 Å². The van der Waals surface area contributed by atoms with E-state index in [0.29, 0.717) is 16.6 Å². The fraction of sp³-hybridized carbons (Fsp3) is 0.333. The molecule has 0 saturated carbocycles. The number of aromatic amines is 1. The maximum Gasteiger partial charge on any atom is 0.262 e. The number of nitrogens with one attached hydrogen (secondary N) is 3. The number of carbonyl (C=O) groups is 1. The molecule has 2 rings (SSSR count). The quantitative estimate of drug-likeness (QED) is 0.722. The Morgan fingerprint density at radius 3 is 3.00 bits per heavy atom. The van der Waals surface area contributed by atoms with E-state index in [1.807, 2.05) is 0 Å². The molecule has 0 atom stereocenters. The van der Waals surface area contributed by atoms with Crippen molar-refractivity contribution in [2.45, 2.75) is 6.42 Å². The Balaban J connectivity index is 1.97. The van der Waals surface area contributed by atoms with Gasteiger partial charge in [0.25, 0.3) is 11.5 Å². The molecule has 1 aliphatic heterocycles. The Morgan fingerprint density at radius 1 is 1.50 bits per heavy atom. The summed E-state index contributed by atoms with van der Waals surface area (Å²) >= 11 is 3.10. The van der Waals surface area contributed by atoms with Gasteiger partial charge in [-0.2, -0.15) is 0 Å². The molecule has 1 amide bonds. The molecule has 0 aromatic carbocycles. The van der Waals surface area contributed by atoms with Gasteiger partial charge in [-0.15, -0.1) is 0 Å². The van der Waals surface area contributed by atoms with Gasteiger partial charge < -0.3 is 15.6 Å². The highest BCUT2D eigenvalue weighted by atomic mass is 79.9. The molecular formula is C12H14BrN3O2. The number of carbonyl (C=O) groups excluding carboxylic acids is 1. The minimum atomic E-state index is -0.243. The number of pyridine rings is 1. The van der Waals surface area contributed by atoms with Crippen molar-refractivity contribution in [3.63, 3.8) is 0 Å². The van der Waals surface area contributed by atoms with Gasteiger partial charge in [-0.25, -0.2) is 0 Å². The molecule has 1 aromatic heterocycles. The van der Waals surface area contributed by atoms with Gasteiger partial charge >= 0.3 is 0 Å². The van der Waals surface area contributed by atoms with Gasteiger partial charge in [0.05, 0.1) is 10.0 Å². The molecule has 0 radical (unpaired) electrons. The van der Waals surface area contributed by atoms with Crippen LogP contribution in [0.15, 0.2) is 33.2 Å². The van der Waals surface area contributed by atoms with E-state index >= 15 is 0 Å². The largest absolute Gasteiger partial charge is 0.348 e. The van der Waals surface area contributed by atoms with Crippen LogP contribution in [0.5, 0.6) is 0 Å². The Morgan fingerprint density at radius 2 is 2.33 bits per heavy atom. The molecule has 96 valence electrons. The molecule has 5 nitrogen and oxygen atoms in total. The summed E-state index contributed by atoms with van der Waals surface area (Å²) in [7, 11) is 0. The summed E-state index contributed by atoms with van der Waals surface area (Å²) in [6, 6.07) is 1.52. The first-order chi connectivity index (χ1) is 8.66. The van der Waals surface area contributed by atoms with Crippen LogP contribution < -0.4 is 16.2 Å². The van der Waals surface area contributed by atoms with Gasteiger partial charge in [-0.3, -0.25) is 9.59 Å². The van der Waals surface area contributed by atoms with Crippen molar-refractivity contribution < 1.29 is 4.79 Å². The molecule has 1 aromatic rings.